The first kappa shape index (κ1) is 19.6. The maximum absolute atomic E-state index is 12.5. The molecule has 3 rings (SSSR count). The molecule has 0 aliphatic carbocycles. The van der Waals surface area contributed by atoms with Gasteiger partial charge in [0.1, 0.15) is 0 Å². The van der Waals surface area contributed by atoms with Gasteiger partial charge < -0.3 is 10.6 Å². The van der Waals surface area contributed by atoms with Crippen molar-refractivity contribution in [3.05, 3.63) is 93.8 Å². The highest BCUT2D eigenvalue weighted by atomic mass is 35.5. The van der Waals surface area contributed by atoms with Gasteiger partial charge in [-0.2, -0.15) is 0 Å². The molecule has 0 atom stereocenters. The number of hydrogen-bond acceptors (Lipinski definition) is 3. The van der Waals surface area contributed by atoms with Crippen molar-refractivity contribution in [2.75, 3.05) is 5.32 Å². The highest BCUT2D eigenvalue weighted by molar-refractivity contribution is 6.30. The molecule has 2 N–H and O–H groups in total. The van der Waals surface area contributed by atoms with Gasteiger partial charge in [0, 0.05) is 29.6 Å². The number of aryl methyl sites for hydroxylation is 2. The molecule has 1 aromatic heterocycles. The van der Waals surface area contributed by atoms with Crippen LogP contribution in [0.3, 0.4) is 0 Å². The molecule has 5 nitrogen and oxygen atoms in total. The number of amides is 2. The number of pyridine rings is 1. The minimum absolute atomic E-state index is 0.284. The lowest BCUT2D eigenvalue weighted by Crippen LogP contribution is -2.24. The molecule has 2 aromatic carbocycles. The lowest BCUT2D eigenvalue weighted by atomic mass is 10.1. The van der Waals surface area contributed by atoms with Crippen molar-refractivity contribution in [2.45, 2.75) is 20.4 Å². The first-order valence-corrected chi connectivity index (χ1v) is 9.17. The standard InChI is InChI=1S/C22H20ClN3O2/c1-14-5-3-4-6-16(14)13-25-21(27)17-10-18(12-24-11-17)22(28)26-20-8-7-19(23)9-15(20)2/h3-12H,13H2,1-2H3,(H,25,27)(H,26,28). The molecule has 1 heterocycles. The summed E-state index contributed by atoms with van der Waals surface area (Å²) in [5.41, 5.74) is 4.28. The second kappa shape index (κ2) is 8.67. The summed E-state index contributed by atoms with van der Waals surface area (Å²) in [6.07, 6.45) is 2.87. The smallest absolute Gasteiger partial charge is 0.257 e. The fourth-order valence-electron chi connectivity index (χ4n) is 2.74. The van der Waals surface area contributed by atoms with E-state index < -0.39 is 0 Å². The zero-order valence-corrected chi connectivity index (χ0v) is 16.4. The van der Waals surface area contributed by atoms with Gasteiger partial charge in [0.25, 0.3) is 11.8 Å². The average molecular weight is 394 g/mol. The number of rotatable bonds is 5. The second-order valence-electron chi connectivity index (χ2n) is 6.48. The van der Waals surface area contributed by atoms with Crippen molar-refractivity contribution in [3.63, 3.8) is 0 Å². The quantitative estimate of drug-likeness (QED) is 0.668. The lowest BCUT2D eigenvalue weighted by Gasteiger charge is -2.10. The van der Waals surface area contributed by atoms with Crippen molar-refractivity contribution < 1.29 is 9.59 Å². The van der Waals surface area contributed by atoms with E-state index in [0.29, 0.717) is 28.4 Å². The predicted molar refractivity (Wildman–Crippen MR) is 111 cm³/mol. The third-order valence-electron chi connectivity index (χ3n) is 4.40. The van der Waals surface area contributed by atoms with Crippen LogP contribution in [0.5, 0.6) is 0 Å². The number of nitrogens with zero attached hydrogens (tertiary/aromatic N) is 1. The first-order valence-electron chi connectivity index (χ1n) is 8.79. The number of anilines is 1. The molecule has 0 bridgehead atoms. The number of carbonyl (C=O) groups is 2. The van der Waals surface area contributed by atoms with E-state index in [1.807, 2.05) is 38.1 Å². The van der Waals surface area contributed by atoms with Crippen molar-refractivity contribution in [2.24, 2.45) is 0 Å². The van der Waals surface area contributed by atoms with Gasteiger partial charge in [-0.3, -0.25) is 14.6 Å². The first-order chi connectivity index (χ1) is 13.4. The van der Waals surface area contributed by atoms with Gasteiger partial charge in [-0.1, -0.05) is 35.9 Å². The number of carbonyl (C=O) groups excluding carboxylic acids is 2. The van der Waals surface area contributed by atoms with Crippen molar-refractivity contribution in [3.8, 4) is 0 Å². The molecule has 0 saturated heterocycles. The van der Waals surface area contributed by atoms with Gasteiger partial charge >= 0.3 is 0 Å². The molecular weight excluding hydrogens is 374 g/mol. The molecule has 3 aromatic rings. The molecule has 142 valence electrons. The van der Waals surface area contributed by atoms with E-state index in [2.05, 4.69) is 15.6 Å². The number of nitrogens with one attached hydrogen (secondary N) is 2. The van der Waals surface area contributed by atoms with Crippen LogP contribution >= 0.6 is 11.6 Å². The Balaban J connectivity index is 1.69. The molecule has 0 radical (unpaired) electrons. The molecule has 0 aliphatic rings. The van der Waals surface area contributed by atoms with Crippen LogP contribution in [0, 0.1) is 13.8 Å². The maximum atomic E-state index is 12.5. The summed E-state index contributed by atoms with van der Waals surface area (Å²) >= 11 is 5.94. The number of benzene rings is 2. The molecule has 6 heteroatoms. The van der Waals surface area contributed by atoms with Crippen LogP contribution in [0.15, 0.2) is 60.9 Å². The zero-order chi connectivity index (χ0) is 20.1. The summed E-state index contributed by atoms with van der Waals surface area (Å²) in [5.74, 6) is -0.625. The molecule has 2 amide bonds. The van der Waals surface area contributed by atoms with Crippen LogP contribution in [0.25, 0.3) is 0 Å². The third-order valence-corrected chi connectivity index (χ3v) is 4.64. The molecule has 28 heavy (non-hydrogen) atoms. The van der Waals surface area contributed by atoms with Crippen LogP contribution in [0.1, 0.15) is 37.4 Å². The third kappa shape index (κ3) is 4.75. The molecule has 0 unspecified atom stereocenters. The van der Waals surface area contributed by atoms with Gasteiger partial charge in [-0.25, -0.2) is 0 Å². The predicted octanol–water partition coefficient (Wildman–Crippen LogP) is 4.53. The largest absolute Gasteiger partial charge is 0.348 e. The SMILES string of the molecule is Cc1ccccc1CNC(=O)c1cncc(C(=O)Nc2ccc(Cl)cc2C)c1. The average Bonchev–Trinajstić information content (AvgIpc) is 2.69. The zero-order valence-electron chi connectivity index (χ0n) is 15.6. The van der Waals surface area contributed by atoms with E-state index in [-0.39, 0.29) is 11.8 Å². The Morgan fingerprint density at radius 3 is 2.36 bits per heavy atom. The van der Waals surface area contributed by atoms with Crippen molar-refractivity contribution >= 4 is 29.1 Å². The van der Waals surface area contributed by atoms with E-state index in [1.54, 1.807) is 18.2 Å². The summed E-state index contributed by atoms with van der Waals surface area (Å²) in [5, 5.41) is 6.28. The Hall–Kier alpha value is -3.18. The van der Waals surface area contributed by atoms with Crippen LogP contribution < -0.4 is 10.6 Å². The Kier molecular flexibility index (Phi) is 6.06. The van der Waals surface area contributed by atoms with E-state index in [9.17, 15) is 9.59 Å². The number of halogens is 1. The van der Waals surface area contributed by atoms with Crippen LogP contribution in [0.2, 0.25) is 5.02 Å². The van der Waals surface area contributed by atoms with Crippen LogP contribution in [-0.2, 0) is 6.54 Å². The van der Waals surface area contributed by atoms with Crippen LogP contribution in [0.4, 0.5) is 5.69 Å². The van der Waals surface area contributed by atoms with Gasteiger partial charge in [-0.05, 0) is 54.8 Å². The topological polar surface area (TPSA) is 71.1 Å². The Labute approximate surface area is 168 Å². The highest BCUT2D eigenvalue weighted by Gasteiger charge is 2.13. The van der Waals surface area contributed by atoms with E-state index in [1.165, 1.54) is 18.5 Å². The summed E-state index contributed by atoms with van der Waals surface area (Å²) in [6.45, 7) is 4.26. The minimum Gasteiger partial charge on any atom is -0.348 e. The maximum Gasteiger partial charge on any atom is 0.257 e. The van der Waals surface area contributed by atoms with Gasteiger partial charge in [0.15, 0.2) is 0 Å². The van der Waals surface area contributed by atoms with Crippen molar-refractivity contribution in [1.29, 1.82) is 0 Å². The fourth-order valence-corrected chi connectivity index (χ4v) is 2.96. The minimum atomic E-state index is -0.341. The fraction of sp³-hybridized carbons (Fsp3) is 0.136. The summed E-state index contributed by atoms with van der Waals surface area (Å²) in [7, 11) is 0. The molecule has 0 aliphatic heterocycles. The number of aromatic nitrogens is 1. The second-order valence-corrected chi connectivity index (χ2v) is 6.92. The molecule has 0 saturated carbocycles. The van der Waals surface area contributed by atoms with Gasteiger partial charge in [-0.15, -0.1) is 0 Å². The summed E-state index contributed by atoms with van der Waals surface area (Å²) in [6, 6.07) is 14.6. The van der Waals surface area contributed by atoms with Gasteiger partial charge in [0.2, 0.25) is 0 Å². The normalized spacial score (nSPS) is 10.4. The monoisotopic (exact) mass is 393 g/mol. The van der Waals surface area contributed by atoms with Gasteiger partial charge in [0.05, 0.1) is 11.1 Å². The van der Waals surface area contributed by atoms with E-state index in [0.717, 1.165) is 16.7 Å². The number of hydrogen-bond donors (Lipinski definition) is 2. The lowest BCUT2D eigenvalue weighted by molar-refractivity contribution is 0.0950. The Morgan fingerprint density at radius 1 is 0.929 bits per heavy atom. The molecule has 0 fully saturated rings. The molecular formula is C22H20ClN3O2. The Morgan fingerprint density at radius 2 is 1.64 bits per heavy atom. The van der Waals surface area contributed by atoms with Crippen molar-refractivity contribution in [1.82, 2.24) is 10.3 Å². The summed E-state index contributed by atoms with van der Waals surface area (Å²) < 4.78 is 0. The van der Waals surface area contributed by atoms with Crippen LogP contribution in [-0.4, -0.2) is 16.8 Å². The highest BCUT2D eigenvalue weighted by Crippen LogP contribution is 2.20. The van der Waals surface area contributed by atoms with E-state index >= 15 is 0 Å². The van der Waals surface area contributed by atoms with E-state index in [4.69, 9.17) is 11.6 Å². The molecule has 0 spiro atoms. The summed E-state index contributed by atoms with van der Waals surface area (Å²) in [4.78, 5) is 29.0. The Bertz CT molecular complexity index is 1030.